The second kappa shape index (κ2) is 14.4. The highest BCUT2D eigenvalue weighted by Crippen LogP contribution is 2.38. The van der Waals surface area contributed by atoms with E-state index >= 15 is 0 Å². The molecule has 6 N–H and O–H groups in total. The molecule has 3 aliphatic rings. The molecule has 53 heavy (non-hydrogen) atoms. The number of ether oxygens (including phenoxy) is 1. The fraction of sp³-hybridized carbons (Fsp3) is 0.353. The van der Waals surface area contributed by atoms with Crippen LogP contribution in [0.1, 0.15) is 53.9 Å². The van der Waals surface area contributed by atoms with Gasteiger partial charge in [-0.05, 0) is 66.8 Å². The molecule has 0 radical (unpaired) electrons. The number of hydrogen-bond donors (Lipinski definition) is 6. The standard InChI is InChI=1S/C34H32F6N10O3/c35-33(36,37)23-14-42-31(45-20-4-6-25-17(11-20)1-8-27(51)47-25)49-29(23)41-9-10-53-16-18-12-28(52)48-26-7-5-21(13-22(18)26)46-32-43-15-24(34(38,39)40)30(50-32)44-19-2-3-19/h4-7,11,13-15,18-19H,1-3,8-10,12,16H2,(H,47,51)(H,48,52)(H2,41,42,45,49)(H2,43,44,46,50). The number of aromatic nitrogens is 4. The molecule has 7 rings (SSSR count). The van der Waals surface area contributed by atoms with Crippen molar-refractivity contribution in [3.05, 3.63) is 71.0 Å². The molecule has 1 aliphatic carbocycles. The number of hydrogen-bond acceptors (Lipinski definition) is 11. The molecule has 1 fully saturated rings. The van der Waals surface area contributed by atoms with E-state index in [0.717, 1.165) is 24.6 Å². The lowest BCUT2D eigenvalue weighted by molar-refractivity contribution is -0.138. The maximum absolute atomic E-state index is 13.8. The second-order valence-electron chi connectivity index (χ2n) is 12.7. The van der Waals surface area contributed by atoms with E-state index in [4.69, 9.17) is 4.74 Å². The molecular formula is C34H32F6N10O3. The summed E-state index contributed by atoms with van der Waals surface area (Å²) in [6.07, 6.45) is -5.59. The highest BCUT2D eigenvalue weighted by Gasteiger charge is 2.37. The van der Waals surface area contributed by atoms with Gasteiger partial charge in [0, 0.05) is 66.5 Å². The molecule has 278 valence electrons. The van der Waals surface area contributed by atoms with Crippen molar-refractivity contribution in [1.82, 2.24) is 19.9 Å². The monoisotopic (exact) mass is 742 g/mol. The largest absolute Gasteiger partial charge is 0.421 e. The number of nitrogens with zero attached hydrogens (tertiary/aromatic N) is 4. The van der Waals surface area contributed by atoms with Gasteiger partial charge in [-0.1, -0.05) is 0 Å². The van der Waals surface area contributed by atoms with E-state index in [-0.39, 0.29) is 61.8 Å². The van der Waals surface area contributed by atoms with Gasteiger partial charge in [0.05, 0.1) is 13.2 Å². The smallest absolute Gasteiger partial charge is 0.379 e. The summed E-state index contributed by atoms with van der Waals surface area (Å²) in [5, 5.41) is 16.9. The average Bonchev–Trinajstić information content (AvgIpc) is 3.91. The molecule has 2 aliphatic heterocycles. The number of anilines is 8. The van der Waals surface area contributed by atoms with Crippen LogP contribution in [0.25, 0.3) is 0 Å². The Morgan fingerprint density at radius 1 is 0.774 bits per heavy atom. The summed E-state index contributed by atoms with van der Waals surface area (Å²) in [5.74, 6) is -1.69. The minimum Gasteiger partial charge on any atom is -0.379 e. The van der Waals surface area contributed by atoms with Crippen molar-refractivity contribution in [2.24, 2.45) is 0 Å². The number of halogens is 6. The van der Waals surface area contributed by atoms with E-state index in [9.17, 15) is 35.9 Å². The minimum atomic E-state index is -4.74. The summed E-state index contributed by atoms with van der Waals surface area (Å²) < 4.78 is 87.9. The van der Waals surface area contributed by atoms with Gasteiger partial charge in [0.15, 0.2) is 0 Å². The van der Waals surface area contributed by atoms with Gasteiger partial charge >= 0.3 is 12.4 Å². The van der Waals surface area contributed by atoms with Crippen LogP contribution in [0.4, 0.5) is 72.6 Å². The number of carbonyl (C=O) groups is 2. The molecule has 0 bridgehead atoms. The number of rotatable bonds is 12. The van der Waals surface area contributed by atoms with Crippen molar-refractivity contribution in [3.8, 4) is 0 Å². The zero-order chi connectivity index (χ0) is 37.3. The van der Waals surface area contributed by atoms with Crippen LogP contribution in [0.2, 0.25) is 0 Å². The third-order valence-corrected chi connectivity index (χ3v) is 8.67. The summed E-state index contributed by atoms with van der Waals surface area (Å²) in [5.41, 5.74) is 1.69. The van der Waals surface area contributed by atoms with Crippen molar-refractivity contribution >= 4 is 58.1 Å². The number of carbonyl (C=O) groups excluding carboxylic acids is 2. The molecule has 1 atom stereocenters. The van der Waals surface area contributed by atoms with Crippen LogP contribution in [0.3, 0.4) is 0 Å². The lowest BCUT2D eigenvalue weighted by atomic mass is 9.91. The molecule has 13 nitrogen and oxygen atoms in total. The predicted octanol–water partition coefficient (Wildman–Crippen LogP) is 6.80. The van der Waals surface area contributed by atoms with Crippen LogP contribution in [-0.4, -0.2) is 57.6 Å². The van der Waals surface area contributed by atoms with Gasteiger partial charge < -0.3 is 36.6 Å². The Labute approximate surface area is 297 Å². The molecule has 2 amide bonds. The molecule has 2 aromatic heterocycles. The Balaban J connectivity index is 0.987. The maximum atomic E-state index is 13.8. The molecule has 2 aromatic carbocycles. The van der Waals surface area contributed by atoms with Crippen LogP contribution in [-0.2, 0) is 33.1 Å². The SMILES string of the molecule is O=C1CCc2cc(Nc3ncc(C(F)(F)F)c(NCCOCC4CC(=O)Nc5ccc(Nc6ncc(C(F)(F)F)c(NC7CC7)n6)cc54)n3)ccc2N1. The van der Waals surface area contributed by atoms with Gasteiger partial charge in [0.2, 0.25) is 23.7 Å². The van der Waals surface area contributed by atoms with E-state index < -0.39 is 35.2 Å². The molecule has 1 unspecified atom stereocenters. The van der Waals surface area contributed by atoms with Crippen molar-refractivity contribution < 1.29 is 40.7 Å². The highest BCUT2D eigenvalue weighted by molar-refractivity contribution is 5.95. The van der Waals surface area contributed by atoms with Gasteiger partial charge in [-0.15, -0.1) is 0 Å². The lowest BCUT2D eigenvalue weighted by Gasteiger charge is -2.26. The van der Waals surface area contributed by atoms with Gasteiger partial charge in [0.25, 0.3) is 0 Å². The van der Waals surface area contributed by atoms with Gasteiger partial charge in [-0.3, -0.25) is 9.59 Å². The summed E-state index contributed by atoms with van der Waals surface area (Å²) in [7, 11) is 0. The van der Waals surface area contributed by atoms with Crippen LogP contribution in [0.5, 0.6) is 0 Å². The second-order valence-corrected chi connectivity index (χ2v) is 12.7. The molecular weight excluding hydrogens is 710 g/mol. The van der Waals surface area contributed by atoms with Crippen LogP contribution in [0.15, 0.2) is 48.8 Å². The fourth-order valence-electron chi connectivity index (χ4n) is 5.93. The van der Waals surface area contributed by atoms with Crippen molar-refractivity contribution in [3.63, 3.8) is 0 Å². The summed E-state index contributed by atoms with van der Waals surface area (Å²) in [6.45, 7) is -0.0601. The third-order valence-electron chi connectivity index (χ3n) is 8.67. The normalized spacial score (nSPS) is 16.9. The maximum Gasteiger partial charge on any atom is 0.421 e. The predicted molar refractivity (Wildman–Crippen MR) is 182 cm³/mol. The van der Waals surface area contributed by atoms with E-state index in [1.807, 2.05) is 0 Å². The zero-order valence-electron chi connectivity index (χ0n) is 27.7. The Morgan fingerprint density at radius 3 is 2.08 bits per heavy atom. The molecule has 4 aromatic rings. The van der Waals surface area contributed by atoms with E-state index in [1.54, 1.807) is 36.4 Å². The van der Waals surface area contributed by atoms with E-state index in [1.165, 1.54) is 0 Å². The topological polar surface area (TPSA) is 167 Å². The lowest BCUT2D eigenvalue weighted by Crippen LogP contribution is -2.26. The van der Waals surface area contributed by atoms with Crippen molar-refractivity contribution in [2.75, 3.05) is 51.7 Å². The average molecular weight is 743 g/mol. The fourth-order valence-corrected chi connectivity index (χ4v) is 5.93. The van der Waals surface area contributed by atoms with Gasteiger partial charge in [0.1, 0.15) is 22.8 Å². The number of alkyl halides is 6. The van der Waals surface area contributed by atoms with Gasteiger partial charge in [-0.2, -0.15) is 36.3 Å². The minimum absolute atomic E-state index is 0.0395. The number of benzene rings is 2. The van der Waals surface area contributed by atoms with Crippen molar-refractivity contribution in [1.29, 1.82) is 0 Å². The Bertz CT molecular complexity index is 2040. The van der Waals surface area contributed by atoms with Crippen LogP contribution < -0.4 is 31.9 Å². The Morgan fingerprint density at radius 2 is 1.40 bits per heavy atom. The first-order chi connectivity index (χ1) is 25.3. The number of aryl methyl sites for hydroxylation is 1. The molecule has 1 saturated carbocycles. The van der Waals surface area contributed by atoms with Crippen LogP contribution >= 0.6 is 0 Å². The van der Waals surface area contributed by atoms with Crippen LogP contribution in [0, 0.1) is 0 Å². The molecule has 0 saturated heterocycles. The first-order valence-corrected chi connectivity index (χ1v) is 16.7. The highest BCUT2D eigenvalue weighted by atomic mass is 19.4. The number of nitrogens with one attached hydrogen (secondary N) is 6. The first kappa shape index (κ1) is 35.7. The molecule has 19 heteroatoms. The number of fused-ring (bicyclic) bond motifs is 2. The Hall–Kier alpha value is -5.72. The Kier molecular flexibility index (Phi) is 9.67. The quantitative estimate of drug-likeness (QED) is 0.0667. The summed E-state index contributed by atoms with van der Waals surface area (Å²) in [4.78, 5) is 39.9. The number of amides is 2. The van der Waals surface area contributed by atoms with Gasteiger partial charge in [-0.25, -0.2) is 9.97 Å². The third kappa shape index (κ3) is 8.67. The first-order valence-electron chi connectivity index (χ1n) is 16.7. The molecule has 0 spiro atoms. The summed E-state index contributed by atoms with van der Waals surface area (Å²) in [6, 6.07) is 10.00. The zero-order valence-corrected chi connectivity index (χ0v) is 27.7. The van der Waals surface area contributed by atoms with E-state index in [2.05, 4.69) is 51.8 Å². The summed E-state index contributed by atoms with van der Waals surface area (Å²) >= 11 is 0. The van der Waals surface area contributed by atoms with E-state index in [0.29, 0.717) is 47.4 Å². The molecule has 4 heterocycles. The van der Waals surface area contributed by atoms with Crippen molar-refractivity contribution in [2.45, 2.75) is 56.4 Å².